The lowest BCUT2D eigenvalue weighted by Crippen LogP contribution is -2.46. The van der Waals surface area contributed by atoms with E-state index in [4.69, 9.17) is 4.74 Å². The summed E-state index contributed by atoms with van der Waals surface area (Å²) in [4.78, 5) is 2.14. The minimum atomic E-state index is -0.526. The molecule has 3 nitrogen and oxygen atoms in total. The van der Waals surface area contributed by atoms with Crippen LogP contribution in [0.5, 0.6) is 0 Å². The van der Waals surface area contributed by atoms with Crippen LogP contribution < -0.4 is 4.90 Å². The molecule has 0 aliphatic carbocycles. The lowest BCUT2D eigenvalue weighted by atomic mass is 10.0. The van der Waals surface area contributed by atoms with E-state index in [0.717, 1.165) is 12.2 Å². The van der Waals surface area contributed by atoms with E-state index >= 15 is 0 Å². The summed E-state index contributed by atoms with van der Waals surface area (Å²) in [6.07, 6.45) is -0.521. The summed E-state index contributed by atoms with van der Waals surface area (Å²) < 4.78 is 5.30. The fraction of sp³-hybridized carbons (Fsp3) is 0.571. The molecule has 0 aliphatic rings. The molecule has 3 heteroatoms. The normalized spacial score (nSPS) is 13.5. The van der Waals surface area contributed by atoms with Crippen LogP contribution in [-0.2, 0) is 4.74 Å². The average molecular weight is 237 g/mol. The van der Waals surface area contributed by atoms with Gasteiger partial charge in [0.25, 0.3) is 0 Å². The molecule has 0 amide bonds. The highest BCUT2D eigenvalue weighted by atomic mass is 16.5. The predicted molar refractivity (Wildman–Crippen MR) is 71.4 cm³/mol. The van der Waals surface area contributed by atoms with Crippen LogP contribution in [0.15, 0.2) is 30.3 Å². The molecular weight excluding hydrogens is 214 g/mol. The zero-order chi connectivity index (χ0) is 12.9. The van der Waals surface area contributed by atoms with Gasteiger partial charge in [-0.3, -0.25) is 0 Å². The highest BCUT2D eigenvalue weighted by molar-refractivity contribution is 5.45. The first-order chi connectivity index (χ1) is 8.01. The van der Waals surface area contributed by atoms with Crippen molar-refractivity contribution in [2.75, 3.05) is 25.1 Å². The van der Waals surface area contributed by atoms with Crippen molar-refractivity contribution in [1.82, 2.24) is 0 Å². The summed E-state index contributed by atoms with van der Waals surface area (Å²) in [7, 11) is 1.63. The van der Waals surface area contributed by atoms with E-state index < -0.39 is 11.7 Å². The van der Waals surface area contributed by atoms with E-state index in [2.05, 4.69) is 24.0 Å². The summed E-state index contributed by atoms with van der Waals surface area (Å²) in [5.41, 5.74) is 0.600. The molecule has 1 aromatic carbocycles. The highest BCUT2D eigenvalue weighted by Gasteiger charge is 2.28. The number of benzene rings is 1. The van der Waals surface area contributed by atoms with Crippen molar-refractivity contribution in [2.24, 2.45) is 0 Å². The van der Waals surface area contributed by atoms with Gasteiger partial charge in [-0.15, -0.1) is 0 Å². The molecule has 1 rings (SSSR count). The van der Waals surface area contributed by atoms with Crippen LogP contribution in [0, 0.1) is 0 Å². The standard InChI is InChI=1S/C14H23NO2/c1-5-15(12-9-7-6-8-10-12)11-13(16)14(2,3)17-4/h6-10,13,16H,5,11H2,1-4H3. The van der Waals surface area contributed by atoms with Crippen LogP contribution in [0.1, 0.15) is 20.8 Å². The van der Waals surface area contributed by atoms with Crippen molar-refractivity contribution in [3.05, 3.63) is 30.3 Å². The Balaban J connectivity index is 2.71. The minimum absolute atomic E-state index is 0.521. The highest BCUT2D eigenvalue weighted by Crippen LogP contribution is 2.19. The molecule has 1 aromatic rings. The number of aliphatic hydroxyl groups excluding tert-OH is 1. The minimum Gasteiger partial charge on any atom is -0.388 e. The lowest BCUT2D eigenvalue weighted by Gasteiger charge is -2.34. The summed E-state index contributed by atoms with van der Waals surface area (Å²) in [6.45, 7) is 7.31. The number of aliphatic hydroxyl groups is 1. The smallest absolute Gasteiger partial charge is 0.0998 e. The summed E-state index contributed by atoms with van der Waals surface area (Å²) >= 11 is 0. The van der Waals surface area contributed by atoms with Gasteiger partial charge < -0.3 is 14.7 Å². The number of hydrogen-bond donors (Lipinski definition) is 1. The Hall–Kier alpha value is -1.06. The van der Waals surface area contributed by atoms with Gasteiger partial charge in [0.05, 0.1) is 11.7 Å². The van der Waals surface area contributed by atoms with E-state index in [1.54, 1.807) is 7.11 Å². The van der Waals surface area contributed by atoms with Crippen molar-refractivity contribution in [1.29, 1.82) is 0 Å². The SMILES string of the molecule is CCN(CC(O)C(C)(C)OC)c1ccccc1. The third kappa shape index (κ3) is 3.72. The van der Waals surface area contributed by atoms with E-state index in [0.29, 0.717) is 6.54 Å². The van der Waals surface area contributed by atoms with Crippen molar-refractivity contribution >= 4 is 5.69 Å². The fourth-order valence-electron chi connectivity index (χ4n) is 1.62. The average Bonchev–Trinajstić information content (AvgIpc) is 2.36. The van der Waals surface area contributed by atoms with Gasteiger partial charge in [0.15, 0.2) is 0 Å². The molecule has 1 unspecified atom stereocenters. The lowest BCUT2D eigenvalue weighted by molar-refractivity contribution is -0.0731. The maximum atomic E-state index is 10.2. The number of anilines is 1. The quantitative estimate of drug-likeness (QED) is 0.824. The number of hydrogen-bond acceptors (Lipinski definition) is 3. The Morgan fingerprint density at radius 2 is 1.88 bits per heavy atom. The van der Waals surface area contributed by atoms with E-state index in [1.165, 1.54) is 0 Å². The van der Waals surface area contributed by atoms with E-state index in [1.807, 2.05) is 32.0 Å². The Kier molecular flexibility index (Phi) is 4.97. The van der Waals surface area contributed by atoms with E-state index in [-0.39, 0.29) is 0 Å². The zero-order valence-electron chi connectivity index (χ0n) is 11.2. The van der Waals surface area contributed by atoms with Crippen LogP contribution in [0.3, 0.4) is 0 Å². The first-order valence-corrected chi connectivity index (χ1v) is 6.04. The van der Waals surface area contributed by atoms with E-state index in [9.17, 15) is 5.11 Å². The molecule has 17 heavy (non-hydrogen) atoms. The Morgan fingerprint density at radius 3 is 2.35 bits per heavy atom. The maximum Gasteiger partial charge on any atom is 0.0998 e. The van der Waals surface area contributed by atoms with Gasteiger partial charge in [-0.05, 0) is 32.9 Å². The Bertz CT molecular complexity index is 324. The van der Waals surface area contributed by atoms with Gasteiger partial charge in [0.1, 0.15) is 0 Å². The molecular formula is C14H23NO2. The molecule has 0 saturated heterocycles. The van der Waals surface area contributed by atoms with Gasteiger partial charge in [-0.1, -0.05) is 18.2 Å². The van der Waals surface area contributed by atoms with Gasteiger partial charge in [0.2, 0.25) is 0 Å². The predicted octanol–water partition coefficient (Wildman–Crippen LogP) is 2.30. The maximum absolute atomic E-state index is 10.2. The van der Waals surface area contributed by atoms with Crippen molar-refractivity contribution in [2.45, 2.75) is 32.5 Å². The van der Waals surface area contributed by atoms with Crippen LogP contribution in [0.4, 0.5) is 5.69 Å². The van der Waals surface area contributed by atoms with Crippen molar-refractivity contribution < 1.29 is 9.84 Å². The number of ether oxygens (including phenoxy) is 1. The number of nitrogens with zero attached hydrogens (tertiary/aromatic N) is 1. The van der Waals surface area contributed by atoms with Gasteiger partial charge in [-0.25, -0.2) is 0 Å². The van der Waals surface area contributed by atoms with Crippen molar-refractivity contribution in [3.8, 4) is 0 Å². The largest absolute Gasteiger partial charge is 0.388 e. The number of methoxy groups -OCH3 is 1. The molecule has 1 atom stereocenters. The number of para-hydroxylation sites is 1. The first kappa shape index (κ1) is 14.0. The fourth-order valence-corrected chi connectivity index (χ4v) is 1.62. The molecule has 0 bridgehead atoms. The van der Waals surface area contributed by atoms with Crippen LogP contribution in [0.2, 0.25) is 0 Å². The second kappa shape index (κ2) is 6.03. The molecule has 1 N–H and O–H groups in total. The first-order valence-electron chi connectivity index (χ1n) is 6.04. The van der Waals surface area contributed by atoms with Gasteiger partial charge >= 0.3 is 0 Å². The Labute approximate surface area is 104 Å². The number of likely N-dealkylation sites (N-methyl/N-ethyl adjacent to an activating group) is 1. The monoisotopic (exact) mass is 237 g/mol. The van der Waals surface area contributed by atoms with Crippen LogP contribution >= 0.6 is 0 Å². The molecule has 0 aromatic heterocycles. The van der Waals surface area contributed by atoms with Crippen LogP contribution in [0.25, 0.3) is 0 Å². The second-order valence-electron chi connectivity index (χ2n) is 4.70. The summed E-state index contributed by atoms with van der Waals surface area (Å²) in [5, 5.41) is 10.2. The molecule has 0 fully saturated rings. The molecule has 0 spiro atoms. The van der Waals surface area contributed by atoms with Gasteiger partial charge in [0, 0.05) is 25.9 Å². The van der Waals surface area contributed by atoms with Crippen molar-refractivity contribution in [3.63, 3.8) is 0 Å². The summed E-state index contributed by atoms with van der Waals surface area (Å²) in [6, 6.07) is 10.1. The molecule has 96 valence electrons. The molecule has 0 saturated carbocycles. The third-order valence-electron chi connectivity index (χ3n) is 3.22. The molecule has 0 aliphatic heterocycles. The number of rotatable bonds is 6. The zero-order valence-corrected chi connectivity index (χ0v) is 11.2. The Morgan fingerprint density at radius 1 is 1.29 bits per heavy atom. The second-order valence-corrected chi connectivity index (χ2v) is 4.70. The summed E-state index contributed by atoms with van der Waals surface area (Å²) in [5.74, 6) is 0. The third-order valence-corrected chi connectivity index (χ3v) is 3.22. The topological polar surface area (TPSA) is 32.7 Å². The molecule has 0 heterocycles. The molecule has 0 radical (unpaired) electrons. The van der Waals surface area contributed by atoms with Gasteiger partial charge in [-0.2, -0.15) is 0 Å². The van der Waals surface area contributed by atoms with Crippen LogP contribution in [-0.4, -0.2) is 37.0 Å².